The summed E-state index contributed by atoms with van der Waals surface area (Å²) in [6.07, 6.45) is 2.31. The van der Waals surface area contributed by atoms with Crippen molar-refractivity contribution in [3.8, 4) is 0 Å². The Bertz CT molecular complexity index is 959. The molecule has 2 heterocycles. The van der Waals surface area contributed by atoms with E-state index in [1.165, 1.54) is 37.8 Å². The maximum absolute atomic E-state index is 2.41. The topological polar surface area (TPSA) is 7.12 Å². The summed E-state index contributed by atoms with van der Waals surface area (Å²) in [4.78, 5) is 3.61. The van der Waals surface area contributed by atoms with Gasteiger partial charge in [-0.1, -0.05) is 36.0 Å². The summed E-state index contributed by atoms with van der Waals surface area (Å²) >= 11 is 1.84. The first-order chi connectivity index (χ1) is 11.7. The molecule has 0 aliphatic carbocycles. The molecule has 2 aromatic carbocycles. The standard InChI is InChI=1S/C21H21N2S/c1-4-23-17(13-12-16-9-7-8-15(2)21(16)23)14-20-22(3)18-10-5-6-11-19(18)24-20/h5-14H,4H2,1-3H3/q+1. The van der Waals surface area contributed by atoms with Gasteiger partial charge in [-0.25, -0.2) is 0 Å². The van der Waals surface area contributed by atoms with E-state index in [1.807, 2.05) is 11.8 Å². The lowest BCUT2D eigenvalue weighted by atomic mass is 10.1. The van der Waals surface area contributed by atoms with Gasteiger partial charge in [-0.2, -0.15) is 4.57 Å². The van der Waals surface area contributed by atoms with Crippen LogP contribution in [0.5, 0.6) is 0 Å². The Morgan fingerprint density at radius 2 is 1.88 bits per heavy atom. The van der Waals surface area contributed by atoms with Gasteiger partial charge in [-0.15, -0.1) is 0 Å². The lowest BCUT2D eigenvalue weighted by molar-refractivity contribution is -0.669. The summed E-state index contributed by atoms with van der Waals surface area (Å²) in [6, 6.07) is 19.6. The summed E-state index contributed by atoms with van der Waals surface area (Å²) < 4.78 is 2.41. The summed E-state index contributed by atoms with van der Waals surface area (Å²) in [5, 5.41) is 2.57. The van der Waals surface area contributed by atoms with Gasteiger partial charge in [0.25, 0.3) is 0 Å². The first-order valence-corrected chi connectivity index (χ1v) is 9.15. The number of hydrogen-bond acceptors (Lipinski definition) is 2. The molecule has 0 atom stereocenters. The Balaban J connectivity index is 1.85. The predicted octanol–water partition coefficient (Wildman–Crippen LogP) is 5.00. The fraction of sp³-hybridized carbons (Fsp3) is 0.190. The van der Waals surface area contributed by atoms with E-state index in [2.05, 4.69) is 91.0 Å². The molecule has 0 spiro atoms. The summed E-state index contributed by atoms with van der Waals surface area (Å²) in [5.74, 6) is 0. The molecule has 1 aromatic heterocycles. The van der Waals surface area contributed by atoms with Crippen LogP contribution in [0.2, 0.25) is 0 Å². The van der Waals surface area contributed by atoms with Crippen LogP contribution in [-0.4, -0.2) is 7.05 Å². The van der Waals surface area contributed by atoms with Crippen LogP contribution in [0, 0.1) is 6.92 Å². The van der Waals surface area contributed by atoms with Crippen LogP contribution in [0.3, 0.4) is 0 Å². The van der Waals surface area contributed by atoms with Crippen LogP contribution in [-0.2, 0) is 6.54 Å². The van der Waals surface area contributed by atoms with Crippen LogP contribution in [0.15, 0.2) is 64.5 Å². The normalized spacial score (nSPS) is 15.3. The Morgan fingerprint density at radius 1 is 1.04 bits per heavy atom. The molecule has 1 aliphatic heterocycles. The highest BCUT2D eigenvalue weighted by Crippen LogP contribution is 2.45. The number of anilines is 1. The van der Waals surface area contributed by atoms with E-state index in [0.29, 0.717) is 0 Å². The SMILES string of the molecule is CC[n+]1c(/C=C2\Sc3ccccc3N2C)ccc2cccc(C)c21. The van der Waals surface area contributed by atoms with E-state index in [-0.39, 0.29) is 0 Å². The Labute approximate surface area is 147 Å². The van der Waals surface area contributed by atoms with Gasteiger partial charge in [0, 0.05) is 35.0 Å². The molecule has 0 saturated heterocycles. The molecule has 24 heavy (non-hydrogen) atoms. The minimum Gasteiger partial charge on any atom is -0.338 e. The van der Waals surface area contributed by atoms with Crippen LogP contribution in [0.1, 0.15) is 18.2 Å². The number of pyridine rings is 1. The molecule has 0 amide bonds. The Kier molecular flexibility index (Phi) is 3.81. The number of aromatic nitrogens is 1. The average molecular weight is 333 g/mol. The zero-order chi connectivity index (χ0) is 16.7. The minimum atomic E-state index is 0.961. The first kappa shape index (κ1) is 15.3. The molecule has 0 saturated carbocycles. The molecule has 2 nitrogen and oxygen atoms in total. The number of rotatable bonds is 2. The molecule has 3 aromatic rings. The van der Waals surface area contributed by atoms with E-state index in [1.54, 1.807) is 0 Å². The Morgan fingerprint density at radius 3 is 2.67 bits per heavy atom. The molecule has 120 valence electrons. The van der Waals surface area contributed by atoms with Gasteiger partial charge < -0.3 is 4.90 Å². The van der Waals surface area contributed by atoms with Crippen molar-refractivity contribution in [2.75, 3.05) is 11.9 Å². The molecule has 0 fully saturated rings. The van der Waals surface area contributed by atoms with Crippen LogP contribution < -0.4 is 9.47 Å². The highest BCUT2D eigenvalue weighted by Gasteiger charge is 2.23. The molecular formula is C21H21N2S+. The molecule has 4 rings (SSSR count). The lowest BCUT2D eigenvalue weighted by Crippen LogP contribution is -2.37. The molecule has 3 heteroatoms. The number of thioether (sulfide) groups is 1. The minimum absolute atomic E-state index is 0.961. The summed E-state index contributed by atoms with van der Waals surface area (Å²) in [6.45, 7) is 5.37. The fourth-order valence-corrected chi connectivity index (χ4v) is 4.52. The molecule has 0 N–H and O–H groups in total. The van der Waals surface area contributed by atoms with Crippen molar-refractivity contribution in [2.45, 2.75) is 25.3 Å². The highest BCUT2D eigenvalue weighted by molar-refractivity contribution is 8.03. The van der Waals surface area contributed by atoms with Gasteiger partial charge in [0.05, 0.1) is 10.7 Å². The smallest absolute Gasteiger partial charge is 0.215 e. The third-order valence-electron chi connectivity index (χ3n) is 4.64. The van der Waals surface area contributed by atoms with Gasteiger partial charge >= 0.3 is 0 Å². The van der Waals surface area contributed by atoms with Crippen LogP contribution >= 0.6 is 11.8 Å². The second-order valence-electron chi connectivity index (χ2n) is 6.13. The third-order valence-corrected chi connectivity index (χ3v) is 5.81. The number of para-hydroxylation sites is 2. The van der Waals surface area contributed by atoms with Crippen molar-refractivity contribution in [3.05, 3.63) is 70.9 Å². The monoisotopic (exact) mass is 333 g/mol. The molecular weight excluding hydrogens is 312 g/mol. The van der Waals surface area contributed by atoms with Crippen LogP contribution in [0.4, 0.5) is 5.69 Å². The van der Waals surface area contributed by atoms with Gasteiger partial charge in [0.15, 0.2) is 0 Å². The highest BCUT2D eigenvalue weighted by atomic mass is 32.2. The maximum atomic E-state index is 2.41. The summed E-state index contributed by atoms with van der Waals surface area (Å²) in [7, 11) is 2.15. The van der Waals surface area contributed by atoms with Crippen molar-refractivity contribution < 1.29 is 4.57 Å². The number of benzene rings is 2. The van der Waals surface area contributed by atoms with Crippen molar-refractivity contribution in [1.29, 1.82) is 0 Å². The molecule has 0 unspecified atom stereocenters. The predicted molar refractivity (Wildman–Crippen MR) is 103 cm³/mol. The second kappa shape index (κ2) is 5.99. The van der Waals surface area contributed by atoms with Gasteiger partial charge in [-0.05, 0) is 38.1 Å². The van der Waals surface area contributed by atoms with Gasteiger partial charge in [0.2, 0.25) is 11.2 Å². The van der Waals surface area contributed by atoms with Gasteiger partial charge in [0.1, 0.15) is 6.54 Å². The molecule has 0 bridgehead atoms. The first-order valence-electron chi connectivity index (χ1n) is 8.33. The lowest BCUT2D eigenvalue weighted by Gasteiger charge is -2.13. The van der Waals surface area contributed by atoms with E-state index in [9.17, 15) is 0 Å². The van der Waals surface area contributed by atoms with Crippen molar-refractivity contribution in [2.24, 2.45) is 0 Å². The summed E-state index contributed by atoms with van der Waals surface area (Å²) in [5.41, 5.74) is 5.19. The number of fused-ring (bicyclic) bond motifs is 2. The fourth-order valence-electron chi connectivity index (χ4n) is 3.42. The number of hydrogen-bond donors (Lipinski definition) is 0. The maximum Gasteiger partial charge on any atom is 0.215 e. The zero-order valence-electron chi connectivity index (χ0n) is 14.3. The van der Waals surface area contributed by atoms with E-state index in [0.717, 1.165) is 6.54 Å². The molecule has 0 radical (unpaired) electrons. The van der Waals surface area contributed by atoms with E-state index in [4.69, 9.17) is 0 Å². The zero-order valence-corrected chi connectivity index (χ0v) is 15.1. The van der Waals surface area contributed by atoms with Crippen molar-refractivity contribution >= 4 is 34.4 Å². The van der Waals surface area contributed by atoms with Crippen molar-refractivity contribution in [3.63, 3.8) is 0 Å². The van der Waals surface area contributed by atoms with E-state index >= 15 is 0 Å². The van der Waals surface area contributed by atoms with Crippen molar-refractivity contribution in [1.82, 2.24) is 0 Å². The van der Waals surface area contributed by atoms with Crippen LogP contribution in [0.25, 0.3) is 17.0 Å². The number of nitrogens with zero attached hydrogens (tertiary/aromatic N) is 2. The van der Waals surface area contributed by atoms with Gasteiger partial charge in [-0.3, -0.25) is 0 Å². The quantitative estimate of drug-likeness (QED) is 0.610. The average Bonchev–Trinajstić information content (AvgIpc) is 2.91. The molecule has 1 aliphatic rings. The van der Waals surface area contributed by atoms with E-state index < -0.39 is 0 Å². The third kappa shape index (κ3) is 2.40. The Hall–Kier alpha value is -2.26. The second-order valence-corrected chi connectivity index (χ2v) is 7.19. The number of aryl methyl sites for hydroxylation is 2. The largest absolute Gasteiger partial charge is 0.338 e.